The number of unbranched alkanes of at least 4 members (excludes halogenated alkanes) is 1. The second kappa shape index (κ2) is 12.1. The molecule has 174 valence electrons. The minimum Gasteiger partial charge on any atom is -0.489 e. The molecule has 0 aliphatic rings. The molecule has 0 aliphatic carbocycles. The van der Waals surface area contributed by atoms with Crippen molar-refractivity contribution in [2.45, 2.75) is 51.3 Å². The van der Waals surface area contributed by atoms with Crippen LogP contribution in [0.5, 0.6) is 5.75 Å². The Morgan fingerprint density at radius 3 is 2.48 bits per heavy atom. The van der Waals surface area contributed by atoms with Crippen molar-refractivity contribution in [3.8, 4) is 5.75 Å². The second-order valence-corrected chi connectivity index (χ2v) is 8.76. The summed E-state index contributed by atoms with van der Waals surface area (Å²) in [6.45, 7) is 2.53. The van der Waals surface area contributed by atoms with Crippen molar-refractivity contribution >= 4 is 23.2 Å². The van der Waals surface area contributed by atoms with Gasteiger partial charge >= 0.3 is 0 Å². The first-order chi connectivity index (χ1) is 16.0. The third-order valence-electron chi connectivity index (χ3n) is 5.19. The Bertz CT molecular complexity index is 1040. The summed E-state index contributed by atoms with van der Waals surface area (Å²) in [7, 11) is 0. The van der Waals surface area contributed by atoms with E-state index >= 15 is 0 Å². The van der Waals surface area contributed by atoms with Gasteiger partial charge in [-0.3, -0.25) is 9.59 Å². The zero-order valence-electron chi connectivity index (χ0n) is 18.7. The summed E-state index contributed by atoms with van der Waals surface area (Å²) < 4.78 is 5.82. The topological polar surface area (TPSA) is 120 Å². The minimum absolute atomic E-state index is 0.248. The molecule has 5 N–H and O–H groups in total. The monoisotopic (exact) mass is 466 g/mol. The number of nitrogens with zero attached hydrogens (tertiary/aromatic N) is 1. The van der Waals surface area contributed by atoms with E-state index in [1.165, 1.54) is 11.3 Å². The van der Waals surface area contributed by atoms with Crippen LogP contribution in [0.4, 0.5) is 0 Å². The number of ether oxygens (including phenoxy) is 1. The van der Waals surface area contributed by atoms with Gasteiger partial charge in [-0.25, -0.2) is 4.98 Å². The predicted molar refractivity (Wildman–Crippen MR) is 130 cm³/mol. The highest BCUT2D eigenvalue weighted by Gasteiger charge is 2.21. The fraction of sp³-hybridized carbons (Fsp3) is 0.320. The maximum absolute atomic E-state index is 12.5. The van der Waals surface area contributed by atoms with Gasteiger partial charge in [0.05, 0.1) is 6.04 Å². The fourth-order valence-electron chi connectivity index (χ4n) is 3.29. The lowest BCUT2D eigenvalue weighted by Crippen LogP contribution is -2.44. The van der Waals surface area contributed by atoms with Gasteiger partial charge in [0.25, 0.3) is 5.91 Å². The van der Waals surface area contributed by atoms with Crippen LogP contribution in [-0.2, 0) is 17.8 Å². The fourth-order valence-corrected chi connectivity index (χ4v) is 4.09. The molecule has 0 spiro atoms. The smallest absolute Gasteiger partial charge is 0.271 e. The molecule has 2 aromatic carbocycles. The molecule has 3 aromatic rings. The van der Waals surface area contributed by atoms with Gasteiger partial charge in [-0.15, -0.1) is 11.3 Å². The van der Waals surface area contributed by atoms with Crippen LogP contribution in [0.3, 0.4) is 0 Å². The van der Waals surface area contributed by atoms with Crippen LogP contribution in [0.25, 0.3) is 0 Å². The molecule has 0 fully saturated rings. The van der Waals surface area contributed by atoms with Gasteiger partial charge in [-0.05, 0) is 36.1 Å². The van der Waals surface area contributed by atoms with Crippen molar-refractivity contribution in [1.29, 1.82) is 0 Å². The second-order valence-electron chi connectivity index (χ2n) is 7.87. The zero-order chi connectivity index (χ0) is 23.6. The van der Waals surface area contributed by atoms with E-state index in [2.05, 4.69) is 10.3 Å². The van der Waals surface area contributed by atoms with Gasteiger partial charge < -0.3 is 21.5 Å². The molecule has 8 heteroatoms. The van der Waals surface area contributed by atoms with E-state index < -0.39 is 17.9 Å². The predicted octanol–water partition coefficient (Wildman–Crippen LogP) is 3.74. The maximum Gasteiger partial charge on any atom is 0.271 e. The Morgan fingerprint density at radius 1 is 1.09 bits per heavy atom. The highest BCUT2D eigenvalue weighted by atomic mass is 32.1. The standard InChI is InChI=1S/C25H30N4O3S/c1-2-3-9-21(23(27)30)28-24(31)22-16-33-25(29-22)20(26)14-17-10-12-19(13-11-17)32-15-18-7-5-4-6-8-18/h4-8,10-13,16,20-21H,2-3,9,14-15,26H2,1H3,(H2,27,30)(H,28,31). The summed E-state index contributed by atoms with van der Waals surface area (Å²) in [5.74, 6) is -0.166. The Balaban J connectivity index is 1.53. The summed E-state index contributed by atoms with van der Waals surface area (Å²) in [4.78, 5) is 28.5. The number of nitrogens with one attached hydrogen (secondary N) is 1. The van der Waals surface area contributed by atoms with Crippen LogP contribution in [0.15, 0.2) is 60.0 Å². The molecule has 2 unspecified atom stereocenters. The Kier molecular flexibility index (Phi) is 8.97. The summed E-state index contributed by atoms with van der Waals surface area (Å²) in [5.41, 5.74) is 14.1. The summed E-state index contributed by atoms with van der Waals surface area (Å²) in [5, 5.41) is 4.99. The molecule has 2 atom stereocenters. The van der Waals surface area contributed by atoms with Crippen molar-refractivity contribution in [3.05, 3.63) is 81.8 Å². The molecule has 1 heterocycles. The van der Waals surface area contributed by atoms with Crippen molar-refractivity contribution in [3.63, 3.8) is 0 Å². The van der Waals surface area contributed by atoms with Gasteiger partial charge in [0, 0.05) is 5.38 Å². The summed E-state index contributed by atoms with van der Waals surface area (Å²) in [6, 6.07) is 16.8. The number of primary amides is 1. The van der Waals surface area contributed by atoms with Gasteiger partial charge in [-0.2, -0.15) is 0 Å². The van der Waals surface area contributed by atoms with Crippen molar-refractivity contribution in [2.75, 3.05) is 0 Å². The number of amides is 2. The molecule has 33 heavy (non-hydrogen) atoms. The zero-order valence-corrected chi connectivity index (χ0v) is 19.5. The van der Waals surface area contributed by atoms with Crippen LogP contribution in [-0.4, -0.2) is 22.8 Å². The minimum atomic E-state index is -0.695. The van der Waals surface area contributed by atoms with E-state index in [0.717, 1.165) is 29.7 Å². The Labute approximate surface area is 198 Å². The van der Waals surface area contributed by atoms with E-state index in [1.54, 1.807) is 5.38 Å². The van der Waals surface area contributed by atoms with Crippen LogP contribution in [0, 0.1) is 0 Å². The molecule has 3 rings (SSSR count). The number of hydrogen-bond donors (Lipinski definition) is 3. The number of thiazole rings is 1. The molecule has 0 aliphatic heterocycles. The summed E-state index contributed by atoms with van der Waals surface area (Å²) >= 11 is 1.33. The lowest BCUT2D eigenvalue weighted by atomic mass is 10.1. The van der Waals surface area contributed by atoms with Crippen LogP contribution >= 0.6 is 11.3 Å². The van der Waals surface area contributed by atoms with E-state index in [9.17, 15) is 9.59 Å². The highest BCUT2D eigenvalue weighted by Crippen LogP contribution is 2.22. The van der Waals surface area contributed by atoms with Gasteiger partial charge in [-0.1, -0.05) is 62.2 Å². The number of rotatable bonds is 12. The van der Waals surface area contributed by atoms with Crippen LogP contribution in [0.1, 0.15) is 58.9 Å². The van der Waals surface area contributed by atoms with Crippen molar-refractivity contribution < 1.29 is 14.3 Å². The van der Waals surface area contributed by atoms with Crippen LogP contribution < -0.4 is 21.5 Å². The van der Waals surface area contributed by atoms with E-state index in [1.807, 2.05) is 61.5 Å². The van der Waals surface area contributed by atoms with Crippen LogP contribution in [0.2, 0.25) is 0 Å². The summed E-state index contributed by atoms with van der Waals surface area (Å²) in [6.07, 6.45) is 2.81. The highest BCUT2D eigenvalue weighted by molar-refractivity contribution is 7.09. The molecule has 0 saturated heterocycles. The molecule has 2 amide bonds. The van der Waals surface area contributed by atoms with Gasteiger partial charge in [0.1, 0.15) is 29.1 Å². The number of nitrogens with two attached hydrogens (primary N) is 2. The third-order valence-corrected chi connectivity index (χ3v) is 6.17. The first-order valence-corrected chi connectivity index (χ1v) is 11.9. The van der Waals surface area contributed by atoms with Gasteiger partial charge in [0.15, 0.2) is 0 Å². The van der Waals surface area contributed by atoms with Crippen molar-refractivity contribution in [2.24, 2.45) is 11.5 Å². The van der Waals surface area contributed by atoms with E-state index in [0.29, 0.717) is 24.5 Å². The lowest BCUT2D eigenvalue weighted by Gasteiger charge is -2.14. The molecule has 0 saturated carbocycles. The molecular formula is C25H30N4O3S. The Morgan fingerprint density at radius 2 is 1.82 bits per heavy atom. The number of hydrogen-bond acceptors (Lipinski definition) is 6. The largest absolute Gasteiger partial charge is 0.489 e. The van der Waals surface area contributed by atoms with Gasteiger partial charge in [0.2, 0.25) is 5.91 Å². The number of benzene rings is 2. The number of aromatic nitrogens is 1. The molecule has 0 bridgehead atoms. The normalized spacial score (nSPS) is 12.7. The average molecular weight is 467 g/mol. The quantitative estimate of drug-likeness (QED) is 0.376. The number of carbonyl (C=O) groups is 2. The molecule has 7 nitrogen and oxygen atoms in total. The van der Waals surface area contributed by atoms with E-state index in [-0.39, 0.29) is 11.7 Å². The Hall–Kier alpha value is -3.23. The molecular weight excluding hydrogens is 436 g/mol. The first-order valence-electron chi connectivity index (χ1n) is 11.0. The number of carbonyl (C=O) groups excluding carboxylic acids is 2. The molecule has 1 aromatic heterocycles. The molecule has 0 radical (unpaired) electrons. The van der Waals surface area contributed by atoms with E-state index in [4.69, 9.17) is 16.2 Å². The SMILES string of the molecule is CCCCC(NC(=O)c1csc(C(N)Cc2ccc(OCc3ccccc3)cc2)n1)C(N)=O. The average Bonchev–Trinajstić information content (AvgIpc) is 3.32. The first kappa shape index (κ1) is 24.4. The maximum atomic E-state index is 12.5. The van der Waals surface area contributed by atoms with Crippen molar-refractivity contribution in [1.82, 2.24) is 10.3 Å². The lowest BCUT2D eigenvalue weighted by molar-refractivity contribution is -0.120. The third kappa shape index (κ3) is 7.40.